The van der Waals surface area contributed by atoms with E-state index in [0.717, 1.165) is 4.47 Å². The number of furan rings is 1. The first-order chi connectivity index (χ1) is 10.6. The van der Waals surface area contributed by atoms with Gasteiger partial charge in [-0.15, -0.1) is 0 Å². The molecule has 0 unspecified atom stereocenters. The number of methoxy groups -OCH3 is 1. The standard InChI is InChI=1S/C15H14BrNO5/c1-20-14(18)8-17-15(19)13-7-6-12(22-13)9-21-11-4-2-10(16)3-5-11/h2-7H,8-9H2,1H3,(H,17,19). The predicted octanol–water partition coefficient (Wildman–Crippen LogP) is 2.52. The first kappa shape index (κ1) is 16.1. The van der Waals surface area contributed by atoms with Crippen LogP contribution in [0.25, 0.3) is 0 Å². The highest BCUT2D eigenvalue weighted by molar-refractivity contribution is 9.10. The highest BCUT2D eigenvalue weighted by Gasteiger charge is 2.12. The van der Waals surface area contributed by atoms with E-state index in [1.165, 1.54) is 13.2 Å². The fourth-order valence-corrected chi connectivity index (χ4v) is 1.84. The van der Waals surface area contributed by atoms with Crippen LogP contribution in [0.3, 0.4) is 0 Å². The van der Waals surface area contributed by atoms with Crippen molar-refractivity contribution in [1.29, 1.82) is 0 Å². The summed E-state index contributed by atoms with van der Waals surface area (Å²) in [6.07, 6.45) is 0. The van der Waals surface area contributed by atoms with Crippen LogP contribution in [0.15, 0.2) is 45.3 Å². The van der Waals surface area contributed by atoms with Crippen molar-refractivity contribution in [2.45, 2.75) is 6.61 Å². The molecule has 2 aromatic rings. The number of hydrogen-bond donors (Lipinski definition) is 1. The Bertz CT molecular complexity index is 650. The molecule has 1 amide bonds. The van der Waals surface area contributed by atoms with Crippen LogP contribution >= 0.6 is 15.9 Å². The van der Waals surface area contributed by atoms with Gasteiger partial charge >= 0.3 is 5.97 Å². The van der Waals surface area contributed by atoms with Gasteiger partial charge in [-0.2, -0.15) is 0 Å². The average Bonchev–Trinajstić information content (AvgIpc) is 3.00. The van der Waals surface area contributed by atoms with Crippen LogP contribution in [-0.4, -0.2) is 25.5 Å². The molecule has 1 N–H and O–H groups in total. The average molecular weight is 368 g/mol. The Morgan fingerprint density at radius 2 is 1.91 bits per heavy atom. The van der Waals surface area contributed by atoms with Gasteiger partial charge in [-0.05, 0) is 36.4 Å². The minimum absolute atomic E-state index is 0.110. The summed E-state index contributed by atoms with van der Waals surface area (Å²) >= 11 is 3.34. The summed E-state index contributed by atoms with van der Waals surface area (Å²) in [5, 5.41) is 2.39. The molecule has 0 saturated carbocycles. The molecule has 0 fully saturated rings. The van der Waals surface area contributed by atoms with Crippen LogP contribution in [0.5, 0.6) is 5.75 Å². The number of carbonyl (C=O) groups excluding carboxylic acids is 2. The smallest absolute Gasteiger partial charge is 0.325 e. The van der Waals surface area contributed by atoms with Gasteiger partial charge in [0.25, 0.3) is 5.91 Å². The van der Waals surface area contributed by atoms with Gasteiger partial charge in [0.15, 0.2) is 5.76 Å². The Balaban J connectivity index is 1.86. The van der Waals surface area contributed by atoms with E-state index in [1.807, 2.05) is 24.3 Å². The van der Waals surface area contributed by atoms with Crippen molar-refractivity contribution in [3.8, 4) is 5.75 Å². The third kappa shape index (κ3) is 4.63. The van der Waals surface area contributed by atoms with Crippen molar-refractivity contribution in [3.05, 3.63) is 52.4 Å². The molecule has 6 nitrogen and oxygen atoms in total. The van der Waals surface area contributed by atoms with Crippen LogP contribution < -0.4 is 10.1 Å². The predicted molar refractivity (Wildman–Crippen MR) is 81.5 cm³/mol. The fourth-order valence-electron chi connectivity index (χ4n) is 1.57. The number of esters is 1. The number of hydrogen-bond acceptors (Lipinski definition) is 5. The van der Waals surface area contributed by atoms with Crippen molar-refractivity contribution in [2.24, 2.45) is 0 Å². The van der Waals surface area contributed by atoms with Gasteiger partial charge in [-0.3, -0.25) is 9.59 Å². The van der Waals surface area contributed by atoms with Gasteiger partial charge in [-0.25, -0.2) is 0 Å². The van der Waals surface area contributed by atoms with E-state index in [-0.39, 0.29) is 18.9 Å². The zero-order chi connectivity index (χ0) is 15.9. The van der Waals surface area contributed by atoms with Crippen LogP contribution in [0.2, 0.25) is 0 Å². The second-order valence-electron chi connectivity index (χ2n) is 4.27. The number of nitrogens with one attached hydrogen (secondary N) is 1. The monoisotopic (exact) mass is 367 g/mol. The summed E-state index contributed by atoms with van der Waals surface area (Å²) in [5.74, 6) is 0.291. The molecule has 0 bridgehead atoms. The highest BCUT2D eigenvalue weighted by atomic mass is 79.9. The SMILES string of the molecule is COC(=O)CNC(=O)c1ccc(COc2ccc(Br)cc2)o1. The minimum atomic E-state index is -0.529. The number of ether oxygens (including phenoxy) is 2. The number of rotatable bonds is 6. The quantitative estimate of drug-likeness (QED) is 0.793. The maximum Gasteiger partial charge on any atom is 0.325 e. The van der Waals surface area contributed by atoms with Crippen molar-refractivity contribution in [2.75, 3.05) is 13.7 Å². The molecule has 0 radical (unpaired) electrons. The first-order valence-corrected chi connectivity index (χ1v) is 7.20. The number of benzene rings is 1. The molecule has 1 aromatic heterocycles. The molecule has 0 spiro atoms. The first-order valence-electron chi connectivity index (χ1n) is 6.40. The summed E-state index contributed by atoms with van der Waals surface area (Å²) < 4.78 is 16.3. The van der Waals surface area contributed by atoms with Crippen molar-refractivity contribution in [1.82, 2.24) is 5.32 Å². The van der Waals surface area contributed by atoms with E-state index in [9.17, 15) is 9.59 Å². The number of amides is 1. The Morgan fingerprint density at radius 1 is 1.18 bits per heavy atom. The van der Waals surface area contributed by atoms with E-state index < -0.39 is 11.9 Å². The normalized spacial score (nSPS) is 10.1. The molecule has 116 valence electrons. The number of halogens is 1. The molecule has 7 heteroatoms. The summed E-state index contributed by atoms with van der Waals surface area (Å²) in [4.78, 5) is 22.7. The summed E-state index contributed by atoms with van der Waals surface area (Å²) in [6, 6.07) is 10.5. The van der Waals surface area contributed by atoms with E-state index in [0.29, 0.717) is 11.5 Å². The molecule has 2 rings (SSSR count). The maximum absolute atomic E-state index is 11.7. The largest absolute Gasteiger partial charge is 0.486 e. The zero-order valence-corrected chi connectivity index (χ0v) is 13.4. The molecule has 0 aliphatic heterocycles. The van der Waals surface area contributed by atoms with Gasteiger partial charge in [0.05, 0.1) is 7.11 Å². The Kier molecular flexibility index (Phi) is 5.60. The molecular weight excluding hydrogens is 354 g/mol. The third-order valence-corrected chi connectivity index (χ3v) is 3.23. The van der Waals surface area contributed by atoms with Gasteiger partial charge in [-0.1, -0.05) is 15.9 Å². The molecule has 0 aliphatic carbocycles. The summed E-state index contributed by atoms with van der Waals surface area (Å²) in [5.41, 5.74) is 0. The topological polar surface area (TPSA) is 77.8 Å². The summed E-state index contributed by atoms with van der Waals surface area (Å²) in [7, 11) is 1.25. The molecule has 0 aliphatic rings. The van der Waals surface area contributed by atoms with Crippen molar-refractivity contribution >= 4 is 27.8 Å². The molecular formula is C15H14BrNO5. The Hall–Kier alpha value is -2.28. The molecule has 0 saturated heterocycles. The lowest BCUT2D eigenvalue weighted by atomic mass is 10.3. The van der Waals surface area contributed by atoms with Crippen LogP contribution in [0.1, 0.15) is 16.3 Å². The van der Waals surface area contributed by atoms with Gasteiger partial charge in [0.2, 0.25) is 0 Å². The number of carbonyl (C=O) groups is 2. The third-order valence-electron chi connectivity index (χ3n) is 2.70. The van der Waals surface area contributed by atoms with E-state index in [1.54, 1.807) is 6.07 Å². The summed E-state index contributed by atoms with van der Waals surface area (Å²) in [6.45, 7) is -0.00727. The Morgan fingerprint density at radius 3 is 2.59 bits per heavy atom. The van der Waals surface area contributed by atoms with Gasteiger partial charge in [0.1, 0.15) is 24.7 Å². The second-order valence-corrected chi connectivity index (χ2v) is 5.18. The molecule has 1 aromatic carbocycles. The Labute approximate surface area is 135 Å². The zero-order valence-electron chi connectivity index (χ0n) is 11.8. The van der Waals surface area contributed by atoms with E-state index in [4.69, 9.17) is 9.15 Å². The van der Waals surface area contributed by atoms with Gasteiger partial charge < -0.3 is 19.2 Å². The van der Waals surface area contributed by atoms with Crippen molar-refractivity contribution < 1.29 is 23.5 Å². The van der Waals surface area contributed by atoms with Crippen molar-refractivity contribution in [3.63, 3.8) is 0 Å². The highest BCUT2D eigenvalue weighted by Crippen LogP contribution is 2.18. The molecule has 22 heavy (non-hydrogen) atoms. The van der Waals surface area contributed by atoms with Crippen LogP contribution in [0, 0.1) is 0 Å². The fraction of sp³-hybridized carbons (Fsp3) is 0.200. The van der Waals surface area contributed by atoms with Crippen LogP contribution in [-0.2, 0) is 16.1 Å². The lowest BCUT2D eigenvalue weighted by Crippen LogP contribution is -2.29. The maximum atomic E-state index is 11.7. The lowest BCUT2D eigenvalue weighted by molar-refractivity contribution is -0.139. The van der Waals surface area contributed by atoms with E-state index in [2.05, 4.69) is 26.0 Å². The molecule has 1 heterocycles. The van der Waals surface area contributed by atoms with Gasteiger partial charge in [0, 0.05) is 4.47 Å². The lowest BCUT2D eigenvalue weighted by Gasteiger charge is -2.04. The molecule has 0 atom stereocenters. The second kappa shape index (κ2) is 7.65. The minimum Gasteiger partial charge on any atom is -0.486 e. The van der Waals surface area contributed by atoms with Crippen LogP contribution in [0.4, 0.5) is 0 Å². The van der Waals surface area contributed by atoms with E-state index >= 15 is 0 Å².